The smallest absolute Gasteiger partial charge is 0.275 e. The number of amides is 1. The molecule has 0 aliphatic rings. The van der Waals surface area contributed by atoms with E-state index < -0.39 is 0 Å². The van der Waals surface area contributed by atoms with Crippen molar-refractivity contribution in [3.63, 3.8) is 0 Å². The lowest BCUT2D eigenvalue weighted by Gasteiger charge is -2.09. The second-order valence-corrected chi connectivity index (χ2v) is 5.92. The minimum Gasteiger partial charge on any atom is -0.496 e. The zero-order valence-electron chi connectivity index (χ0n) is 14.3. The lowest BCUT2D eigenvalue weighted by Crippen LogP contribution is -2.18. The Hall–Kier alpha value is -3.05. The van der Waals surface area contributed by atoms with Gasteiger partial charge in [0.25, 0.3) is 5.91 Å². The van der Waals surface area contributed by atoms with Gasteiger partial charge in [-0.15, -0.1) is 0 Å². The fourth-order valence-corrected chi connectivity index (χ4v) is 2.77. The van der Waals surface area contributed by atoms with E-state index in [0.29, 0.717) is 27.6 Å². The molecule has 0 unspecified atom stereocenters. The number of methoxy groups -OCH3 is 2. The largest absolute Gasteiger partial charge is 0.496 e. The highest BCUT2D eigenvalue weighted by molar-refractivity contribution is 6.30. The number of hydrogen-bond donors (Lipinski definition) is 1. The molecular formula is C20H17ClN2O3. The molecule has 132 valence electrons. The average molecular weight is 369 g/mol. The molecule has 0 atom stereocenters. The van der Waals surface area contributed by atoms with Gasteiger partial charge in [0.2, 0.25) is 0 Å². The summed E-state index contributed by atoms with van der Waals surface area (Å²) in [5.41, 5.74) is 3.57. The summed E-state index contributed by atoms with van der Waals surface area (Å²) < 4.78 is 10.6. The van der Waals surface area contributed by atoms with Crippen LogP contribution < -0.4 is 14.9 Å². The van der Waals surface area contributed by atoms with Crippen molar-refractivity contribution in [3.05, 3.63) is 70.7 Å². The van der Waals surface area contributed by atoms with Gasteiger partial charge in [-0.2, -0.15) is 5.10 Å². The summed E-state index contributed by atoms with van der Waals surface area (Å²) in [4.78, 5) is 12.5. The van der Waals surface area contributed by atoms with Gasteiger partial charge in [-0.1, -0.05) is 35.9 Å². The van der Waals surface area contributed by atoms with Crippen LogP contribution in [0.25, 0.3) is 10.8 Å². The molecule has 0 spiro atoms. The van der Waals surface area contributed by atoms with Crippen molar-refractivity contribution in [2.24, 2.45) is 5.10 Å². The first-order valence-corrected chi connectivity index (χ1v) is 8.24. The van der Waals surface area contributed by atoms with Crippen molar-refractivity contribution >= 4 is 34.5 Å². The van der Waals surface area contributed by atoms with Crippen LogP contribution in [0, 0.1) is 0 Å². The van der Waals surface area contributed by atoms with Crippen LogP contribution >= 0.6 is 11.6 Å². The third kappa shape index (κ3) is 3.78. The van der Waals surface area contributed by atoms with Gasteiger partial charge in [0, 0.05) is 10.6 Å². The van der Waals surface area contributed by atoms with Crippen LogP contribution in [0.3, 0.4) is 0 Å². The number of halogens is 1. The standard InChI is InChI=1S/C20H17ClN2O3/c1-25-18-8-7-16(21)9-15(18)12-22-23-20(24)17-10-13-5-3-4-6-14(13)11-19(17)26-2/h3-12H,1-2H3,(H,23,24)/b22-12-. The number of carbonyl (C=O) groups excluding carboxylic acids is 1. The van der Waals surface area contributed by atoms with E-state index in [4.69, 9.17) is 21.1 Å². The predicted molar refractivity (Wildman–Crippen MR) is 104 cm³/mol. The van der Waals surface area contributed by atoms with Crippen LogP contribution in [-0.2, 0) is 0 Å². The predicted octanol–water partition coefficient (Wildman–Crippen LogP) is 4.27. The quantitative estimate of drug-likeness (QED) is 0.540. The van der Waals surface area contributed by atoms with E-state index in [9.17, 15) is 4.79 Å². The fraction of sp³-hybridized carbons (Fsp3) is 0.100. The van der Waals surface area contributed by atoms with E-state index in [1.54, 1.807) is 31.4 Å². The maximum atomic E-state index is 12.5. The van der Waals surface area contributed by atoms with Gasteiger partial charge in [0.1, 0.15) is 11.5 Å². The summed E-state index contributed by atoms with van der Waals surface area (Å²) in [6.07, 6.45) is 1.48. The van der Waals surface area contributed by atoms with Crippen molar-refractivity contribution < 1.29 is 14.3 Å². The van der Waals surface area contributed by atoms with Crippen LogP contribution in [0.15, 0.2) is 59.7 Å². The van der Waals surface area contributed by atoms with E-state index >= 15 is 0 Å². The lowest BCUT2D eigenvalue weighted by molar-refractivity contribution is 0.0952. The van der Waals surface area contributed by atoms with Gasteiger partial charge in [-0.25, -0.2) is 5.43 Å². The first-order chi connectivity index (χ1) is 12.6. The molecule has 1 N–H and O–H groups in total. The molecule has 3 aromatic rings. The Morgan fingerprint density at radius 2 is 1.69 bits per heavy atom. The molecular weight excluding hydrogens is 352 g/mol. The number of hydrogen-bond acceptors (Lipinski definition) is 4. The molecule has 26 heavy (non-hydrogen) atoms. The van der Waals surface area contributed by atoms with Gasteiger partial charge >= 0.3 is 0 Å². The molecule has 0 saturated carbocycles. The van der Waals surface area contributed by atoms with E-state index in [0.717, 1.165) is 10.8 Å². The maximum absolute atomic E-state index is 12.5. The third-order valence-corrected chi connectivity index (χ3v) is 4.11. The highest BCUT2D eigenvalue weighted by Gasteiger charge is 2.13. The highest BCUT2D eigenvalue weighted by Crippen LogP contribution is 2.26. The Morgan fingerprint density at radius 3 is 2.38 bits per heavy atom. The summed E-state index contributed by atoms with van der Waals surface area (Å²) >= 11 is 5.99. The van der Waals surface area contributed by atoms with Gasteiger partial charge < -0.3 is 9.47 Å². The Bertz CT molecular complexity index is 986. The number of benzene rings is 3. The number of nitrogens with one attached hydrogen (secondary N) is 1. The molecule has 3 rings (SSSR count). The van der Waals surface area contributed by atoms with Crippen LogP contribution in [0.1, 0.15) is 15.9 Å². The van der Waals surface area contributed by atoms with Crippen LogP contribution in [0.4, 0.5) is 0 Å². The number of nitrogens with zero attached hydrogens (tertiary/aromatic N) is 1. The maximum Gasteiger partial charge on any atom is 0.275 e. The third-order valence-electron chi connectivity index (χ3n) is 3.87. The Balaban J connectivity index is 1.84. The minimum atomic E-state index is -0.371. The van der Waals surface area contributed by atoms with E-state index in [-0.39, 0.29) is 5.91 Å². The molecule has 0 aliphatic heterocycles. The monoisotopic (exact) mass is 368 g/mol. The van der Waals surface area contributed by atoms with Crippen LogP contribution in [0.2, 0.25) is 5.02 Å². The van der Waals surface area contributed by atoms with Crippen molar-refractivity contribution in [1.29, 1.82) is 0 Å². The number of rotatable bonds is 5. The zero-order valence-corrected chi connectivity index (χ0v) is 15.1. The highest BCUT2D eigenvalue weighted by atomic mass is 35.5. The fourth-order valence-electron chi connectivity index (χ4n) is 2.59. The lowest BCUT2D eigenvalue weighted by atomic mass is 10.1. The van der Waals surface area contributed by atoms with Crippen LogP contribution in [-0.4, -0.2) is 26.3 Å². The van der Waals surface area contributed by atoms with E-state index in [1.165, 1.54) is 13.3 Å². The molecule has 0 heterocycles. The molecule has 0 saturated heterocycles. The zero-order chi connectivity index (χ0) is 18.5. The second-order valence-electron chi connectivity index (χ2n) is 5.49. The van der Waals surface area contributed by atoms with E-state index in [2.05, 4.69) is 10.5 Å². The van der Waals surface area contributed by atoms with Crippen molar-refractivity contribution in [2.45, 2.75) is 0 Å². The first-order valence-electron chi connectivity index (χ1n) is 7.86. The molecule has 0 fully saturated rings. The molecule has 1 amide bonds. The summed E-state index contributed by atoms with van der Waals surface area (Å²) in [5.74, 6) is 0.720. The topological polar surface area (TPSA) is 59.9 Å². The molecule has 0 aromatic heterocycles. The van der Waals surface area contributed by atoms with E-state index in [1.807, 2.05) is 30.3 Å². The Kier molecular flexibility index (Phi) is 5.39. The molecule has 0 radical (unpaired) electrons. The normalized spacial score (nSPS) is 10.9. The first kappa shape index (κ1) is 17.8. The number of hydrazone groups is 1. The minimum absolute atomic E-state index is 0.371. The average Bonchev–Trinajstić information content (AvgIpc) is 2.67. The number of ether oxygens (including phenoxy) is 2. The second kappa shape index (κ2) is 7.89. The summed E-state index contributed by atoms with van der Waals surface area (Å²) in [6, 6.07) is 16.5. The number of carbonyl (C=O) groups is 1. The van der Waals surface area contributed by atoms with Gasteiger partial charge in [0.15, 0.2) is 0 Å². The van der Waals surface area contributed by atoms with Crippen molar-refractivity contribution in [2.75, 3.05) is 14.2 Å². The van der Waals surface area contributed by atoms with Crippen LogP contribution in [0.5, 0.6) is 11.5 Å². The van der Waals surface area contributed by atoms with Gasteiger partial charge in [-0.3, -0.25) is 4.79 Å². The summed E-state index contributed by atoms with van der Waals surface area (Å²) in [6.45, 7) is 0. The van der Waals surface area contributed by atoms with Crippen molar-refractivity contribution in [3.8, 4) is 11.5 Å². The van der Waals surface area contributed by atoms with Crippen molar-refractivity contribution in [1.82, 2.24) is 5.43 Å². The Morgan fingerprint density at radius 1 is 1.00 bits per heavy atom. The van der Waals surface area contributed by atoms with Gasteiger partial charge in [-0.05, 0) is 41.1 Å². The molecule has 6 heteroatoms. The summed E-state index contributed by atoms with van der Waals surface area (Å²) in [5, 5.41) is 6.49. The molecule has 0 aliphatic carbocycles. The summed E-state index contributed by atoms with van der Waals surface area (Å²) in [7, 11) is 3.08. The molecule has 3 aromatic carbocycles. The Labute approximate surface area is 156 Å². The van der Waals surface area contributed by atoms with Gasteiger partial charge in [0.05, 0.1) is 26.0 Å². The SMILES string of the molecule is COc1ccc(Cl)cc1/C=N\NC(=O)c1cc2ccccc2cc1OC. The molecule has 5 nitrogen and oxygen atoms in total. The number of fused-ring (bicyclic) bond motifs is 1. The molecule has 0 bridgehead atoms.